The molecule has 1 unspecified atom stereocenters. The number of anilines is 2. The Labute approximate surface area is 150 Å². The molecule has 3 aromatic rings. The van der Waals surface area contributed by atoms with Crippen molar-refractivity contribution in [1.29, 1.82) is 0 Å². The third-order valence-electron chi connectivity index (χ3n) is 4.47. The molecule has 1 atom stereocenters. The molecule has 0 fully saturated rings. The van der Waals surface area contributed by atoms with Gasteiger partial charge in [0.15, 0.2) is 0 Å². The van der Waals surface area contributed by atoms with Crippen molar-refractivity contribution >= 4 is 11.4 Å². The van der Waals surface area contributed by atoms with Gasteiger partial charge in [-0.25, -0.2) is 0 Å². The molecule has 0 aliphatic carbocycles. The molecule has 25 heavy (non-hydrogen) atoms. The molecule has 128 valence electrons. The summed E-state index contributed by atoms with van der Waals surface area (Å²) < 4.78 is 0. The predicted octanol–water partition coefficient (Wildman–Crippen LogP) is 5.97. The number of para-hydroxylation sites is 1. The minimum absolute atomic E-state index is 0.0232. The number of hydrogen-bond donors (Lipinski definition) is 1. The lowest BCUT2D eigenvalue weighted by atomic mass is 10.0. The zero-order valence-corrected chi connectivity index (χ0v) is 14.8. The van der Waals surface area contributed by atoms with Crippen LogP contribution in [0.15, 0.2) is 84.9 Å². The van der Waals surface area contributed by atoms with Crippen LogP contribution in [-0.2, 0) is 0 Å². The highest BCUT2D eigenvalue weighted by Gasteiger charge is 2.16. The van der Waals surface area contributed by atoms with Crippen molar-refractivity contribution in [3.05, 3.63) is 84.9 Å². The van der Waals surface area contributed by atoms with Crippen LogP contribution in [0.25, 0.3) is 11.1 Å². The summed E-state index contributed by atoms with van der Waals surface area (Å²) in [5, 5.41) is 0. The summed E-state index contributed by atoms with van der Waals surface area (Å²) in [5.41, 5.74) is 11.3. The third-order valence-corrected chi connectivity index (χ3v) is 4.47. The van der Waals surface area contributed by atoms with Gasteiger partial charge in [0.2, 0.25) is 0 Å². The molecule has 0 spiro atoms. The fourth-order valence-corrected chi connectivity index (χ4v) is 3.11. The topological polar surface area (TPSA) is 29.3 Å². The number of nitrogens with two attached hydrogens (primary N) is 1. The van der Waals surface area contributed by atoms with Gasteiger partial charge in [-0.2, -0.15) is 0 Å². The SMILES string of the molecule is CCCCC(N)N(c1ccccc1)c1ccc(-c2ccccc2)cc1. The Kier molecular flexibility index (Phi) is 5.86. The Balaban J connectivity index is 1.90. The highest BCUT2D eigenvalue weighted by atomic mass is 15.2. The molecular weight excluding hydrogens is 304 g/mol. The van der Waals surface area contributed by atoms with Gasteiger partial charge in [0.25, 0.3) is 0 Å². The molecule has 3 rings (SSSR count). The number of hydrogen-bond acceptors (Lipinski definition) is 2. The van der Waals surface area contributed by atoms with Crippen LogP contribution in [0, 0.1) is 0 Å². The monoisotopic (exact) mass is 330 g/mol. The smallest absolute Gasteiger partial charge is 0.0820 e. The quantitative estimate of drug-likeness (QED) is 0.541. The van der Waals surface area contributed by atoms with Gasteiger partial charge in [-0.1, -0.05) is 80.4 Å². The number of rotatable bonds is 7. The Morgan fingerprint density at radius 2 is 1.24 bits per heavy atom. The lowest BCUT2D eigenvalue weighted by molar-refractivity contribution is 0.582. The summed E-state index contributed by atoms with van der Waals surface area (Å²) in [6, 6.07) is 29.5. The van der Waals surface area contributed by atoms with Crippen molar-refractivity contribution in [3.8, 4) is 11.1 Å². The van der Waals surface area contributed by atoms with E-state index in [1.807, 2.05) is 12.1 Å². The lowest BCUT2D eigenvalue weighted by Gasteiger charge is -2.31. The van der Waals surface area contributed by atoms with Gasteiger partial charge in [0.05, 0.1) is 6.17 Å². The Bertz CT molecular complexity index is 751. The molecule has 0 aliphatic heterocycles. The van der Waals surface area contributed by atoms with E-state index in [0.717, 1.165) is 30.6 Å². The largest absolute Gasteiger partial charge is 0.326 e. The highest BCUT2D eigenvalue weighted by molar-refractivity contribution is 5.70. The van der Waals surface area contributed by atoms with E-state index in [9.17, 15) is 0 Å². The second-order valence-corrected chi connectivity index (χ2v) is 6.33. The maximum absolute atomic E-state index is 6.54. The number of unbranched alkanes of at least 4 members (excludes halogenated alkanes) is 1. The van der Waals surface area contributed by atoms with E-state index in [4.69, 9.17) is 5.73 Å². The van der Waals surface area contributed by atoms with E-state index in [1.54, 1.807) is 0 Å². The first-order chi connectivity index (χ1) is 12.3. The summed E-state index contributed by atoms with van der Waals surface area (Å²) in [6.45, 7) is 2.20. The molecule has 0 amide bonds. The minimum Gasteiger partial charge on any atom is -0.326 e. The zero-order chi connectivity index (χ0) is 17.5. The molecule has 0 aliphatic rings. The maximum atomic E-state index is 6.54. The molecule has 0 bridgehead atoms. The zero-order valence-electron chi connectivity index (χ0n) is 14.8. The number of benzene rings is 3. The van der Waals surface area contributed by atoms with Gasteiger partial charge < -0.3 is 10.6 Å². The minimum atomic E-state index is -0.0232. The second-order valence-electron chi connectivity index (χ2n) is 6.33. The second kappa shape index (κ2) is 8.50. The molecule has 2 nitrogen and oxygen atoms in total. The van der Waals surface area contributed by atoms with E-state index in [2.05, 4.69) is 84.6 Å². The molecule has 3 aromatic carbocycles. The molecule has 0 saturated carbocycles. The van der Waals surface area contributed by atoms with Crippen LogP contribution in [0.2, 0.25) is 0 Å². The fraction of sp³-hybridized carbons (Fsp3) is 0.217. The molecule has 0 aromatic heterocycles. The summed E-state index contributed by atoms with van der Waals surface area (Å²) in [4.78, 5) is 2.24. The van der Waals surface area contributed by atoms with Crippen LogP contribution in [0.5, 0.6) is 0 Å². The molecule has 2 N–H and O–H groups in total. The average molecular weight is 330 g/mol. The van der Waals surface area contributed by atoms with Crippen LogP contribution >= 0.6 is 0 Å². The first-order valence-corrected chi connectivity index (χ1v) is 9.05. The molecule has 2 heteroatoms. The van der Waals surface area contributed by atoms with E-state index in [0.29, 0.717) is 0 Å². The van der Waals surface area contributed by atoms with Crippen molar-refractivity contribution in [3.63, 3.8) is 0 Å². The molecule has 0 radical (unpaired) electrons. The van der Waals surface area contributed by atoms with E-state index >= 15 is 0 Å². The third kappa shape index (κ3) is 4.28. The normalized spacial score (nSPS) is 11.9. The first-order valence-electron chi connectivity index (χ1n) is 9.05. The van der Waals surface area contributed by atoms with Gasteiger partial charge in [-0.05, 0) is 41.8 Å². The van der Waals surface area contributed by atoms with Crippen LogP contribution in [0.3, 0.4) is 0 Å². The Morgan fingerprint density at radius 3 is 1.84 bits per heavy atom. The predicted molar refractivity (Wildman–Crippen MR) is 108 cm³/mol. The van der Waals surface area contributed by atoms with Crippen molar-refractivity contribution in [1.82, 2.24) is 0 Å². The van der Waals surface area contributed by atoms with Crippen LogP contribution < -0.4 is 10.6 Å². The summed E-state index contributed by atoms with van der Waals surface area (Å²) in [5.74, 6) is 0. The van der Waals surface area contributed by atoms with Crippen LogP contribution in [0.4, 0.5) is 11.4 Å². The van der Waals surface area contributed by atoms with Crippen molar-refractivity contribution in [2.24, 2.45) is 5.73 Å². The van der Waals surface area contributed by atoms with E-state index in [-0.39, 0.29) is 6.17 Å². The fourth-order valence-electron chi connectivity index (χ4n) is 3.11. The van der Waals surface area contributed by atoms with Gasteiger partial charge in [0, 0.05) is 11.4 Å². The number of nitrogens with zero attached hydrogens (tertiary/aromatic N) is 1. The molecular formula is C23H26N2. The van der Waals surface area contributed by atoms with Crippen LogP contribution in [0.1, 0.15) is 26.2 Å². The van der Waals surface area contributed by atoms with E-state index in [1.165, 1.54) is 11.1 Å². The Hall–Kier alpha value is -2.58. The van der Waals surface area contributed by atoms with Gasteiger partial charge >= 0.3 is 0 Å². The standard InChI is InChI=1S/C23H26N2/c1-2-3-14-23(24)25(21-12-8-5-9-13-21)22-17-15-20(16-18-22)19-10-6-4-7-11-19/h4-13,15-18,23H,2-3,14,24H2,1H3. The maximum Gasteiger partial charge on any atom is 0.0820 e. The Morgan fingerprint density at radius 1 is 0.720 bits per heavy atom. The van der Waals surface area contributed by atoms with Crippen molar-refractivity contribution < 1.29 is 0 Å². The molecule has 0 saturated heterocycles. The van der Waals surface area contributed by atoms with Crippen molar-refractivity contribution in [2.75, 3.05) is 4.90 Å². The molecule has 0 heterocycles. The highest BCUT2D eigenvalue weighted by Crippen LogP contribution is 2.30. The van der Waals surface area contributed by atoms with Gasteiger partial charge in [-0.15, -0.1) is 0 Å². The lowest BCUT2D eigenvalue weighted by Crippen LogP contribution is -2.38. The van der Waals surface area contributed by atoms with Gasteiger partial charge in [0.1, 0.15) is 0 Å². The average Bonchev–Trinajstić information content (AvgIpc) is 2.69. The van der Waals surface area contributed by atoms with Crippen LogP contribution in [-0.4, -0.2) is 6.17 Å². The first kappa shape index (κ1) is 17.2. The summed E-state index contributed by atoms with van der Waals surface area (Å²) >= 11 is 0. The van der Waals surface area contributed by atoms with E-state index < -0.39 is 0 Å². The van der Waals surface area contributed by atoms with Crippen molar-refractivity contribution in [2.45, 2.75) is 32.4 Å². The summed E-state index contributed by atoms with van der Waals surface area (Å²) in [7, 11) is 0. The summed E-state index contributed by atoms with van der Waals surface area (Å²) in [6.07, 6.45) is 3.24. The van der Waals surface area contributed by atoms with Gasteiger partial charge in [-0.3, -0.25) is 0 Å².